The molecular formula is C8H12F3NO3. The molecule has 1 aliphatic carbocycles. The van der Waals surface area contributed by atoms with Crippen molar-refractivity contribution in [2.45, 2.75) is 31.0 Å². The van der Waals surface area contributed by atoms with Gasteiger partial charge in [0, 0.05) is 0 Å². The SMILES string of the molecule is O=C(NC1(CO)CCC1)OCC(F)(F)F. The second-order valence-electron chi connectivity index (χ2n) is 3.61. The van der Waals surface area contributed by atoms with Crippen LogP contribution in [-0.2, 0) is 4.74 Å². The Balaban J connectivity index is 2.29. The summed E-state index contributed by atoms with van der Waals surface area (Å²) in [7, 11) is 0. The number of halogens is 3. The molecule has 88 valence electrons. The summed E-state index contributed by atoms with van der Waals surface area (Å²) in [5.41, 5.74) is -0.775. The molecule has 0 spiro atoms. The molecule has 0 aromatic rings. The molecule has 1 amide bonds. The van der Waals surface area contributed by atoms with Gasteiger partial charge in [0.25, 0.3) is 0 Å². The maximum atomic E-state index is 11.7. The third kappa shape index (κ3) is 3.58. The molecule has 1 fully saturated rings. The quantitative estimate of drug-likeness (QED) is 0.761. The second-order valence-corrected chi connectivity index (χ2v) is 3.61. The first-order valence-electron chi connectivity index (χ1n) is 4.49. The summed E-state index contributed by atoms with van der Waals surface area (Å²) in [4.78, 5) is 10.9. The normalized spacial score (nSPS) is 19.2. The fourth-order valence-electron chi connectivity index (χ4n) is 1.33. The van der Waals surface area contributed by atoms with Crippen LogP contribution in [0.2, 0.25) is 0 Å². The van der Waals surface area contributed by atoms with Gasteiger partial charge in [0.2, 0.25) is 0 Å². The number of alkyl carbamates (subject to hydrolysis) is 1. The number of aliphatic hydroxyl groups is 1. The molecule has 1 aliphatic rings. The van der Waals surface area contributed by atoms with Gasteiger partial charge >= 0.3 is 12.3 Å². The average Bonchev–Trinajstić information content (AvgIpc) is 2.07. The number of rotatable bonds is 3. The fourth-order valence-corrected chi connectivity index (χ4v) is 1.33. The van der Waals surface area contributed by atoms with Crippen LogP contribution in [0.1, 0.15) is 19.3 Å². The molecule has 0 atom stereocenters. The number of nitrogens with one attached hydrogen (secondary N) is 1. The van der Waals surface area contributed by atoms with Crippen LogP contribution in [0.5, 0.6) is 0 Å². The van der Waals surface area contributed by atoms with Crippen LogP contribution in [0.25, 0.3) is 0 Å². The zero-order valence-electron chi connectivity index (χ0n) is 7.93. The molecule has 0 aromatic carbocycles. The zero-order chi connectivity index (χ0) is 11.5. The van der Waals surface area contributed by atoms with Gasteiger partial charge in [-0.1, -0.05) is 0 Å². The predicted molar refractivity (Wildman–Crippen MR) is 44.2 cm³/mol. The van der Waals surface area contributed by atoms with E-state index in [1.54, 1.807) is 0 Å². The van der Waals surface area contributed by atoms with Gasteiger partial charge in [-0.15, -0.1) is 0 Å². The highest BCUT2D eigenvalue weighted by Gasteiger charge is 2.39. The molecule has 0 aromatic heterocycles. The van der Waals surface area contributed by atoms with Gasteiger partial charge in [0.05, 0.1) is 12.1 Å². The Bertz CT molecular complexity index is 232. The van der Waals surface area contributed by atoms with Crippen molar-refractivity contribution in [1.82, 2.24) is 5.32 Å². The lowest BCUT2D eigenvalue weighted by Crippen LogP contribution is -2.56. The maximum absolute atomic E-state index is 11.7. The lowest BCUT2D eigenvalue weighted by Gasteiger charge is -2.40. The summed E-state index contributed by atoms with van der Waals surface area (Å²) in [6.45, 7) is -1.89. The van der Waals surface area contributed by atoms with Crippen LogP contribution >= 0.6 is 0 Å². The standard InChI is InChI=1S/C8H12F3NO3/c9-8(10,11)5-15-6(14)12-7(4-13)2-1-3-7/h13H,1-5H2,(H,12,14). The molecule has 0 bridgehead atoms. The minimum Gasteiger partial charge on any atom is -0.440 e. The van der Waals surface area contributed by atoms with E-state index in [0.717, 1.165) is 6.42 Å². The minimum atomic E-state index is -4.52. The van der Waals surface area contributed by atoms with Gasteiger partial charge in [-0.3, -0.25) is 0 Å². The molecular weight excluding hydrogens is 215 g/mol. The Hall–Kier alpha value is -0.980. The fraction of sp³-hybridized carbons (Fsp3) is 0.875. The third-order valence-corrected chi connectivity index (χ3v) is 2.35. The molecule has 4 nitrogen and oxygen atoms in total. The van der Waals surface area contributed by atoms with Gasteiger partial charge in [-0.25, -0.2) is 4.79 Å². The molecule has 0 heterocycles. The summed E-state index contributed by atoms with van der Waals surface area (Å²) in [5, 5.41) is 11.2. The summed E-state index contributed by atoms with van der Waals surface area (Å²) < 4.78 is 39.0. The highest BCUT2D eigenvalue weighted by atomic mass is 19.4. The zero-order valence-corrected chi connectivity index (χ0v) is 7.93. The minimum absolute atomic E-state index is 0.284. The number of carbonyl (C=O) groups excluding carboxylic acids is 1. The van der Waals surface area contributed by atoms with Gasteiger partial charge < -0.3 is 15.2 Å². The van der Waals surface area contributed by atoms with E-state index >= 15 is 0 Å². The van der Waals surface area contributed by atoms with Crippen molar-refractivity contribution in [3.8, 4) is 0 Å². The van der Waals surface area contributed by atoms with E-state index in [-0.39, 0.29) is 6.61 Å². The van der Waals surface area contributed by atoms with Crippen molar-refractivity contribution in [3.63, 3.8) is 0 Å². The number of hydrogen-bond donors (Lipinski definition) is 2. The van der Waals surface area contributed by atoms with E-state index in [2.05, 4.69) is 10.1 Å². The van der Waals surface area contributed by atoms with Crippen molar-refractivity contribution < 1.29 is 27.8 Å². The topological polar surface area (TPSA) is 58.6 Å². The van der Waals surface area contributed by atoms with Crippen molar-refractivity contribution in [3.05, 3.63) is 0 Å². The maximum Gasteiger partial charge on any atom is 0.422 e. The molecule has 0 unspecified atom stereocenters. The van der Waals surface area contributed by atoms with Crippen molar-refractivity contribution >= 4 is 6.09 Å². The Morgan fingerprint density at radius 2 is 2.07 bits per heavy atom. The lowest BCUT2D eigenvalue weighted by molar-refractivity contribution is -0.161. The first-order valence-corrected chi connectivity index (χ1v) is 4.49. The number of carbonyl (C=O) groups is 1. The van der Waals surface area contributed by atoms with Crippen molar-refractivity contribution in [1.29, 1.82) is 0 Å². The van der Waals surface area contributed by atoms with Crippen LogP contribution in [-0.4, -0.2) is 36.1 Å². The second kappa shape index (κ2) is 4.26. The smallest absolute Gasteiger partial charge is 0.422 e. The molecule has 7 heteroatoms. The Morgan fingerprint density at radius 1 is 1.47 bits per heavy atom. The Morgan fingerprint density at radius 3 is 2.40 bits per heavy atom. The summed E-state index contributed by atoms with van der Waals surface area (Å²) in [6.07, 6.45) is -3.71. The van der Waals surface area contributed by atoms with E-state index in [0.29, 0.717) is 12.8 Å². The summed E-state index contributed by atoms with van der Waals surface area (Å²) in [5.74, 6) is 0. The van der Waals surface area contributed by atoms with Crippen molar-refractivity contribution in [2.24, 2.45) is 0 Å². The summed E-state index contributed by atoms with van der Waals surface area (Å²) >= 11 is 0. The highest BCUT2D eigenvalue weighted by Crippen LogP contribution is 2.31. The number of alkyl halides is 3. The van der Waals surface area contributed by atoms with E-state index in [1.807, 2.05) is 0 Å². The van der Waals surface area contributed by atoms with Crippen LogP contribution < -0.4 is 5.32 Å². The van der Waals surface area contributed by atoms with E-state index in [4.69, 9.17) is 5.11 Å². The van der Waals surface area contributed by atoms with E-state index in [9.17, 15) is 18.0 Å². The van der Waals surface area contributed by atoms with Crippen LogP contribution in [0.4, 0.5) is 18.0 Å². The molecule has 0 aliphatic heterocycles. The molecule has 0 radical (unpaired) electrons. The monoisotopic (exact) mass is 227 g/mol. The highest BCUT2D eigenvalue weighted by molar-refractivity contribution is 5.68. The van der Waals surface area contributed by atoms with Gasteiger partial charge in [-0.05, 0) is 19.3 Å². The van der Waals surface area contributed by atoms with E-state index in [1.165, 1.54) is 0 Å². The van der Waals surface area contributed by atoms with Crippen molar-refractivity contribution in [2.75, 3.05) is 13.2 Å². The van der Waals surface area contributed by atoms with Crippen LogP contribution in [0.3, 0.4) is 0 Å². The Kier molecular flexibility index (Phi) is 3.43. The van der Waals surface area contributed by atoms with Gasteiger partial charge in [0.15, 0.2) is 6.61 Å². The summed E-state index contributed by atoms with van der Waals surface area (Å²) in [6, 6.07) is 0. The molecule has 2 N–H and O–H groups in total. The first kappa shape index (κ1) is 12.1. The molecule has 1 saturated carbocycles. The Labute approximate surface area is 84.4 Å². The number of amides is 1. The van der Waals surface area contributed by atoms with E-state index < -0.39 is 24.4 Å². The lowest BCUT2D eigenvalue weighted by atomic mass is 9.77. The number of ether oxygens (including phenoxy) is 1. The molecule has 15 heavy (non-hydrogen) atoms. The van der Waals surface area contributed by atoms with Gasteiger partial charge in [-0.2, -0.15) is 13.2 Å². The average molecular weight is 227 g/mol. The molecule has 1 rings (SSSR count). The predicted octanol–water partition coefficient (Wildman–Crippen LogP) is 1.19. The van der Waals surface area contributed by atoms with Crippen LogP contribution in [0.15, 0.2) is 0 Å². The number of aliphatic hydroxyl groups excluding tert-OH is 1. The molecule has 0 saturated heterocycles. The number of hydrogen-bond acceptors (Lipinski definition) is 3. The van der Waals surface area contributed by atoms with Crippen LogP contribution in [0, 0.1) is 0 Å². The first-order chi connectivity index (χ1) is 6.87. The largest absolute Gasteiger partial charge is 0.440 e. The third-order valence-electron chi connectivity index (χ3n) is 2.35. The van der Waals surface area contributed by atoms with Gasteiger partial charge in [0.1, 0.15) is 0 Å².